The number of ether oxygens (including phenoxy) is 1. The van der Waals surface area contributed by atoms with E-state index in [2.05, 4.69) is 39.8 Å². The van der Waals surface area contributed by atoms with Gasteiger partial charge in [-0.15, -0.1) is 0 Å². The van der Waals surface area contributed by atoms with Gasteiger partial charge in [-0.25, -0.2) is 0 Å². The zero-order valence-corrected chi connectivity index (χ0v) is 17.0. The Morgan fingerprint density at radius 3 is 2.55 bits per heavy atom. The molecule has 29 heavy (non-hydrogen) atoms. The van der Waals surface area contributed by atoms with Gasteiger partial charge in [-0.3, -0.25) is 14.5 Å². The molecule has 3 aliphatic heterocycles. The smallest absolute Gasteiger partial charge is 0.249 e. The second-order valence-corrected chi connectivity index (χ2v) is 9.19. The molecule has 6 heteroatoms. The lowest BCUT2D eigenvalue weighted by Crippen LogP contribution is -2.59. The first-order valence-electron chi connectivity index (χ1n) is 11.2. The molecule has 1 aromatic carbocycles. The molecule has 3 atom stereocenters. The van der Waals surface area contributed by atoms with E-state index in [0.717, 1.165) is 58.0 Å². The normalized spacial score (nSPS) is 32.0. The number of benzene rings is 1. The predicted octanol–water partition coefficient (Wildman–Crippen LogP) is 1.56. The van der Waals surface area contributed by atoms with Gasteiger partial charge in [-0.05, 0) is 69.0 Å². The topological polar surface area (TPSA) is 70.7 Å². The van der Waals surface area contributed by atoms with Crippen molar-refractivity contribution in [2.45, 2.75) is 75.1 Å². The number of hydrogen-bond donors (Lipinski definition) is 2. The van der Waals surface area contributed by atoms with Crippen LogP contribution < -0.4 is 10.6 Å². The molecule has 0 unspecified atom stereocenters. The molecule has 3 fully saturated rings. The molecule has 1 aromatic rings. The maximum absolute atomic E-state index is 13.5. The van der Waals surface area contributed by atoms with Crippen LogP contribution in [0.4, 0.5) is 0 Å². The summed E-state index contributed by atoms with van der Waals surface area (Å²) >= 11 is 0. The second-order valence-electron chi connectivity index (χ2n) is 9.19. The number of nitrogens with zero attached hydrogens (tertiary/aromatic N) is 1. The molecule has 6 nitrogen and oxygen atoms in total. The molecule has 0 aromatic heterocycles. The minimum absolute atomic E-state index is 0.00542. The zero-order chi connectivity index (χ0) is 19.8. The van der Waals surface area contributed by atoms with Crippen LogP contribution in [0.3, 0.4) is 0 Å². The number of rotatable bonds is 4. The molecule has 5 rings (SSSR count). The van der Waals surface area contributed by atoms with Gasteiger partial charge < -0.3 is 15.4 Å². The monoisotopic (exact) mass is 397 g/mol. The highest BCUT2D eigenvalue weighted by Crippen LogP contribution is 2.38. The van der Waals surface area contributed by atoms with E-state index in [9.17, 15) is 9.59 Å². The Morgan fingerprint density at radius 2 is 1.83 bits per heavy atom. The highest BCUT2D eigenvalue weighted by molar-refractivity contribution is 5.88. The third-order valence-corrected chi connectivity index (χ3v) is 7.28. The van der Waals surface area contributed by atoms with Crippen LogP contribution in [0.25, 0.3) is 0 Å². The summed E-state index contributed by atoms with van der Waals surface area (Å²) < 4.78 is 5.53. The van der Waals surface area contributed by atoms with Crippen LogP contribution in [-0.4, -0.2) is 60.1 Å². The predicted molar refractivity (Wildman–Crippen MR) is 109 cm³/mol. The minimum atomic E-state index is -0.471. The van der Waals surface area contributed by atoms with Gasteiger partial charge in [-0.1, -0.05) is 24.3 Å². The summed E-state index contributed by atoms with van der Waals surface area (Å²) in [4.78, 5) is 28.4. The number of amides is 2. The summed E-state index contributed by atoms with van der Waals surface area (Å²) in [5.41, 5.74) is 2.23. The van der Waals surface area contributed by atoms with E-state index < -0.39 is 5.54 Å². The van der Waals surface area contributed by atoms with Crippen molar-refractivity contribution in [3.05, 3.63) is 35.4 Å². The van der Waals surface area contributed by atoms with Gasteiger partial charge in [0.2, 0.25) is 11.8 Å². The van der Waals surface area contributed by atoms with Crippen LogP contribution in [0.1, 0.15) is 49.7 Å². The summed E-state index contributed by atoms with van der Waals surface area (Å²) in [5, 5.41) is 6.55. The van der Waals surface area contributed by atoms with Crippen LogP contribution in [0.5, 0.6) is 0 Å². The van der Waals surface area contributed by atoms with Gasteiger partial charge in [-0.2, -0.15) is 0 Å². The molecule has 2 amide bonds. The van der Waals surface area contributed by atoms with Crippen molar-refractivity contribution >= 4 is 11.8 Å². The Hall–Kier alpha value is -1.92. The number of carbonyl (C=O) groups is 2. The first-order valence-corrected chi connectivity index (χ1v) is 11.2. The highest BCUT2D eigenvalue weighted by atomic mass is 16.5. The number of nitrogens with one attached hydrogen (secondary N) is 2. The summed E-state index contributed by atoms with van der Waals surface area (Å²) in [6.45, 7) is 2.37. The van der Waals surface area contributed by atoms with Crippen molar-refractivity contribution in [2.24, 2.45) is 0 Å². The van der Waals surface area contributed by atoms with Gasteiger partial charge in [0.1, 0.15) is 11.6 Å². The Labute approximate surface area is 172 Å². The van der Waals surface area contributed by atoms with Crippen molar-refractivity contribution in [3.8, 4) is 0 Å². The van der Waals surface area contributed by atoms with Gasteiger partial charge in [0.25, 0.3) is 0 Å². The van der Waals surface area contributed by atoms with E-state index in [0.29, 0.717) is 13.0 Å². The van der Waals surface area contributed by atoms with E-state index in [1.807, 2.05) is 0 Å². The average Bonchev–Trinajstić information content (AvgIpc) is 3.45. The fraction of sp³-hybridized carbons (Fsp3) is 0.652. The number of carbonyl (C=O) groups excluding carboxylic acids is 2. The maximum atomic E-state index is 13.5. The molecule has 4 aliphatic rings. The fourth-order valence-corrected chi connectivity index (χ4v) is 5.83. The molecule has 3 heterocycles. The van der Waals surface area contributed by atoms with E-state index in [-0.39, 0.29) is 30.0 Å². The molecular formula is C23H31N3O3. The lowest BCUT2D eigenvalue weighted by molar-refractivity contribution is -0.135. The van der Waals surface area contributed by atoms with Crippen molar-refractivity contribution in [3.63, 3.8) is 0 Å². The molecule has 2 N–H and O–H groups in total. The highest BCUT2D eigenvalue weighted by Gasteiger charge is 2.52. The Kier molecular flexibility index (Phi) is 5.08. The van der Waals surface area contributed by atoms with Gasteiger partial charge in [0.15, 0.2) is 0 Å². The summed E-state index contributed by atoms with van der Waals surface area (Å²) in [6.07, 6.45) is 7.05. The minimum Gasteiger partial charge on any atom is -0.368 e. The van der Waals surface area contributed by atoms with Crippen molar-refractivity contribution < 1.29 is 14.3 Å². The van der Waals surface area contributed by atoms with E-state index in [1.54, 1.807) is 0 Å². The summed E-state index contributed by atoms with van der Waals surface area (Å²) in [5.74, 6) is 0.151. The third kappa shape index (κ3) is 3.57. The summed E-state index contributed by atoms with van der Waals surface area (Å²) in [6, 6.07) is 8.68. The third-order valence-electron chi connectivity index (χ3n) is 7.28. The quantitative estimate of drug-likeness (QED) is 0.809. The van der Waals surface area contributed by atoms with Crippen LogP contribution in [0.15, 0.2) is 24.3 Å². The standard InChI is InChI=1S/C23H31N3O3/c27-21(20-8-5-11-29-20)24-19-14-23(9-3-4-10-26(23)15-19)22(28)25-18-12-16-6-1-2-7-17(16)13-18/h1-2,6-7,18-20H,3-5,8-15H2,(H,24,27)(H,25,28)/t19-,20+,23+/m0/s1. The number of hydrogen-bond acceptors (Lipinski definition) is 4. The molecule has 3 saturated heterocycles. The Bertz CT molecular complexity index is 766. The van der Waals surface area contributed by atoms with E-state index >= 15 is 0 Å². The lowest BCUT2D eigenvalue weighted by Gasteiger charge is -2.41. The van der Waals surface area contributed by atoms with E-state index in [1.165, 1.54) is 11.1 Å². The maximum Gasteiger partial charge on any atom is 0.249 e. The fourth-order valence-electron chi connectivity index (χ4n) is 5.83. The largest absolute Gasteiger partial charge is 0.368 e. The van der Waals surface area contributed by atoms with Crippen molar-refractivity contribution in [1.82, 2.24) is 15.5 Å². The van der Waals surface area contributed by atoms with Gasteiger partial charge in [0.05, 0.1) is 0 Å². The molecule has 0 spiro atoms. The second kappa shape index (κ2) is 7.73. The number of piperidine rings is 1. The molecular weight excluding hydrogens is 366 g/mol. The molecule has 0 bridgehead atoms. The van der Waals surface area contributed by atoms with E-state index in [4.69, 9.17) is 4.74 Å². The van der Waals surface area contributed by atoms with Crippen molar-refractivity contribution in [1.29, 1.82) is 0 Å². The Morgan fingerprint density at radius 1 is 1.03 bits per heavy atom. The molecule has 0 saturated carbocycles. The van der Waals surface area contributed by atoms with Gasteiger partial charge >= 0.3 is 0 Å². The zero-order valence-electron chi connectivity index (χ0n) is 17.0. The molecule has 0 radical (unpaired) electrons. The first kappa shape index (κ1) is 19.1. The van der Waals surface area contributed by atoms with Crippen LogP contribution in [0.2, 0.25) is 0 Å². The lowest BCUT2D eigenvalue weighted by atomic mass is 9.84. The first-order chi connectivity index (χ1) is 14.1. The van der Waals surface area contributed by atoms with Crippen LogP contribution in [-0.2, 0) is 27.2 Å². The summed E-state index contributed by atoms with van der Waals surface area (Å²) in [7, 11) is 0. The van der Waals surface area contributed by atoms with Gasteiger partial charge in [0, 0.05) is 25.2 Å². The van der Waals surface area contributed by atoms with Crippen LogP contribution in [0, 0.1) is 0 Å². The van der Waals surface area contributed by atoms with Crippen molar-refractivity contribution in [2.75, 3.05) is 19.7 Å². The molecule has 1 aliphatic carbocycles. The van der Waals surface area contributed by atoms with Crippen LogP contribution >= 0.6 is 0 Å². The Balaban J connectivity index is 1.25. The SMILES string of the molecule is O=C(N[C@@H]1CN2CCCC[C@]2(C(=O)NC2Cc3ccccc3C2)C1)[C@H]1CCCO1. The number of fused-ring (bicyclic) bond motifs is 2. The average molecular weight is 398 g/mol. The molecule has 156 valence electrons.